The van der Waals surface area contributed by atoms with Crippen LogP contribution in [0.2, 0.25) is 0 Å². The first kappa shape index (κ1) is 17.0. The maximum Gasteiger partial charge on any atom is 0.347 e. The van der Waals surface area contributed by atoms with Crippen molar-refractivity contribution >= 4 is 11.9 Å². The summed E-state index contributed by atoms with van der Waals surface area (Å²) in [7, 11) is 0. The summed E-state index contributed by atoms with van der Waals surface area (Å²) in [5.74, 6) is -0.728. The van der Waals surface area contributed by atoms with Crippen LogP contribution in [-0.4, -0.2) is 24.6 Å². The van der Waals surface area contributed by atoms with E-state index in [0.29, 0.717) is 19.4 Å². The molecule has 0 aromatic heterocycles. The van der Waals surface area contributed by atoms with Crippen molar-refractivity contribution in [3.63, 3.8) is 0 Å². The molecule has 4 nitrogen and oxygen atoms in total. The van der Waals surface area contributed by atoms with Crippen molar-refractivity contribution in [2.24, 2.45) is 16.2 Å². The van der Waals surface area contributed by atoms with E-state index in [1.807, 2.05) is 27.7 Å². The molecule has 0 aliphatic carbocycles. The lowest BCUT2D eigenvalue weighted by Crippen LogP contribution is -2.45. The van der Waals surface area contributed by atoms with E-state index in [4.69, 9.17) is 9.47 Å². The quantitative estimate of drug-likeness (QED) is 0.746. The van der Waals surface area contributed by atoms with Gasteiger partial charge in [-0.25, -0.2) is 4.79 Å². The molecular weight excluding hydrogens is 256 g/mol. The van der Waals surface area contributed by atoms with Gasteiger partial charge in [-0.1, -0.05) is 41.5 Å². The second-order valence-electron chi connectivity index (χ2n) is 8.17. The molecule has 1 fully saturated rings. The first-order valence-corrected chi connectivity index (χ1v) is 7.24. The minimum atomic E-state index is -0.732. The molecule has 0 aromatic rings. The molecule has 4 heteroatoms. The molecule has 2 unspecified atom stereocenters. The van der Waals surface area contributed by atoms with Gasteiger partial charge < -0.3 is 9.47 Å². The number of hydrogen-bond donors (Lipinski definition) is 0. The fourth-order valence-electron chi connectivity index (χ4n) is 2.55. The van der Waals surface area contributed by atoms with Gasteiger partial charge in [0.2, 0.25) is 6.10 Å². The van der Waals surface area contributed by atoms with E-state index >= 15 is 0 Å². The highest BCUT2D eigenvalue weighted by Crippen LogP contribution is 2.47. The molecule has 0 bridgehead atoms. The Balaban J connectivity index is 2.93. The van der Waals surface area contributed by atoms with Crippen molar-refractivity contribution in [3.8, 4) is 0 Å². The largest absolute Gasteiger partial charge is 0.463 e. The van der Waals surface area contributed by atoms with Crippen molar-refractivity contribution < 1.29 is 19.1 Å². The van der Waals surface area contributed by atoms with Gasteiger partial charge in [0.05, 0.1) is 12.0 Å². The van der Waals surface area contributed by atoms with Crippen LogP contribution in [0.1, 0.15) is 61.3 Å². The van der Waals surface area contributed by atoms with Gasteiger partial charge in [0.1, 0.15) is 0 Å². The molecule has 0 spiro atoms. The van der Waals surface area contributed by atoms with Gasteiger partial charge >= 0.3 is 11.9 Å². The normalized spacial score (nSPS) is 23.1. The van der Waals surface area contributed by atoms with Crippen molar-refractivity contribution in [2.75, 3.05) is 6.61 Å². The molecule has 0 radical (unpaired) electrons. The Morgan fingerprint density at radius 2 is 1.75 bits per heavy atom. The van der Waals surface area contributed by atoms with Crippen LogP contribution in [0.4, 0.5) is 0 Å². The summed E-state index contributed by atoms with van der Waals surface area (Å²) in [6, 6.07) is 0. The zero-order valence-corrected chi connectivity index (χ0v) is 13.8. The lowest BCUT2D eigenvalue weighted by Gasteiger charge is -2.43. The van der Waals surface area contributed by atoms with Gasteiger partial charge in [0, 0.05) is 6.42 Å². The summed E-state index contributed by atoms with van der Waals surface area (Å²) < 4.78 is 10.3. The van der Waals surface area contributed by atoms with Crippen LogP contribution in [0.25, 0.3) is 0 Å². The average molecular weight is 284 g/mol. The Hall–Kier alpha value is -1.06. The standard InChI is InChI=1S/C16H28O4/c1-14(2,3)10-16(7,15(4,5)6)13(18)20-11-8-9-19-12(11)17/h11H,8-10H2,1-7H3. The summed E-state index contributed by atoms with van der Waals surface area (Å²) in [4.78, 5) is 24.1. The van der Waals surface area contributed by atoms with Gasteiger partial charge in [-0.3, -0.25) is 4.79 Å². The predicted molar refractivity (Wildman–Crippen MR) is 77.1 cm³/mol. The van der Waals surface area contributed by atoms with Crippen molar-refractivity contribution in [1.82, 2.24) is 0 Å². The Morgan fingerprint density at radius 1 is 1.20 bits per heavy atom. The molecular formula is C16H28O4. The molecule has 1 heterocycles. The Morgan fingerprint density at radius 3 is 2.10 bits per heavy atom. The van der Waals surface area contributed by atoms with Crippen molar-refractivity contribution in [1.29, 1.82) is 0 Å². The van der Waals surface area contributed by atoms with E-state index in [1.165, 1.54) is 0 Å². The van der Waals surface area contributed by atoms with E-state index in [9.17, 15) is 9.59 Å². The summed E-state index contributed by atoms with van der Waals surface area (Å²) in [5.41, 5.74) is -0.898. The maximum atomic E-state index is 12.7. The molecule has 20 heavy (non-hydrogen) atoms. The second kappa shape index (κ2) is 5.38. The van der Waals surface area contributed by atoms with Crippen LogP contribution in [0.15, 0.2) is 0 Å². The molecule has 0 amide bonds. The Labute approximate surface area is 122 Å². The summed E-state index contributed by atoms with van der Waals surface area (Å²) in [6.45, 7) is 14.7. The first-order valence-electron chi connectivity index (χ1n) is 7.24. The number of carbonyl (C=O) groups excluding carboxylic acids is 2. The highest BCUT2D eigenvalue weighted by molar-refractivity contribution is 5.83. The summed E-state index contributed by atoms with van der Waals surface area (Å²) >= 11 is 0. The Kier molecular flexibility index (Phi) is 4.57. The molecule has 1 saturated heterocycles. The maximum absolute atomic E-state index is 12.7. The van der Waals surface area contributed by atoms with Gasteiger partial charge in [0.15, 0.2) is 0 Å². The number of rotatable bonds is 3. The van der Waals surface area contributed by atoms with Crippen molar-refractivity contribution in [3.05, 3.63) is 0 Å². The molecule has 2 atom stereocenters. The lowest BCUT2D eigenvalue weighted by atomic mass is 9.61. The smallest absolute Gasteiger partial charge is 0.347 e. The molecule has 0 N–H and O–H groups in total. The number of carbonyl (C=O) groups is 2. The van der Waals surface area contributed by atoms with Gasteiger partial charge in [-0.15, -0.1) is 0 Å². The molecule has 1 aliphatic rings. The second-order valence-corrected chi connectivity index (χ2v) is 8.17. The summed E-state index contributed by atoms with van der Waals surface area (Å²) in [5, 5.41) is 0. The fraction of sp³-hybridized carbons (Fsp3) is 0.875. The Bertz CT molecular complexity index is 386. The first-order chi connectivity index (χ1) is 8.87. The zero-order chi connectivity index (χ0) is 15.8. The highest BCUT2D eigenvalue weighted by atomic mass is 16.6. The van der Waals surface area contributed by atoms with Gasteiger partial charge in [0.25, 0.3) is 0 Å². The molecule has 1 aliphatic heterocycles. The van der Waals surface area contributed by atoms with E-state index in [0.717, 1.165) is 0 Å². The molecule has 116 valence electrons. The summed E-state index contributed by atoms with van der Waals surface area (Å²) in [6.07, 6.45) is 0.425. The van der Waals surface area contributed by atoms with Crippen LogP contribution in [-0.2, 0) is 19.1 Å². The monoisotopic (exact) mass is 284 g/mol. The lowest BCUT2D eigenvalue weighted by molar-refractivity contribution is -0.175. The van der Waals surface area contributed by atoms with Crippen LogP contribution < -0.4 is 0 Å². The number of cyclic esters (lactones) is 1. The predicted octanol–water partition coefficient (Wildman–Crippen LogP) is 3.33. The van der Waals surface area contributed by atoms with Crippen LogP contribution in [0.3, 0.4) is 0 Å². The number of hydrogen-bond acceptors (Lipinski definition) is 4. The number of ether oxygens (including phenoxy) is 2. The zero-order valence-electron chi connectivity index (χ0n) is 13.8. The number of esters is 2. The van der Waals surface area contributed by atoms with E-state index in [2.05, 4.69) is 20.8 Å². The average Bonchev–Trinajstić information content (AvgIpc) is 2.60. The van der Waals surface area contributed by atoms with Gasteiger partial charge in [-0.2, -0.15) is 0 Å². The van der Waals surface area contributed by atoms with Crippen LogP contribution >= 0.6 is 0 Å². The molecule has 0 saturated carbocycles. The van der Waals surface area contributed by atoms with Crippen molar-refractivity contribution in [2.45, 2.75) is 67.4 Å². The topological polar surface area (TPSA) is 52.6 Å². The minimum absolute atomic E-state index is 0.00274. The molecule has 1 rings (SSSR count). The van der Waals surface area contributed by atoms with E-state index < -0.39 is 17.5 Å². The van der Waals surface area contributed by atoms with Gasteiger partial charge in [-0.05, 0) is 24.2 Å². The third kappa shape index (κ3) is 3.74. The third-order valence-electron chi connectivity index (χ3n) is 4.13. The highest BCUT2D eigenvalue weighted by Gasteiger charge is 2.49. The van der Waals surface area contributed by atoms with Crippen LogP contribution in [0, 0.1) is 16.2 Å². The fourth-order valence-corrected chi connectivity index (χ4v) is 2.55. The SMILES string of the molecule is CC(C)(C)CC(C)(C(=O)OC1CCOC1=O)C(C)(C)C. The molecule has 0 aromatic carbocycles. The minimum Gasteiger partial charge on any atom is -0.463 e. The van der Waals surface area contributed by atoms with E-state index in [-0.39, 0.29) is 16.8 Å². The van der Waals surface area contributed by atoms with Crippen LogP contribution in [0.5, 0.6) is 0 Å². The third-order valence-corrected chi connectivity index (χ3v) is 4.13. The van der Waals surface area contributed by atoms with E-state index in [1.54, 1.807) is 0 Å².